The van der Waals surface area contributed by atoms with Gasteiger partial charge in [0.15, 0.2) is 0 Å². The van der Waals surface area contributed by atoms with Crippen molar-refractivity contribution in [3.8, 4) is 5.75 Å². The van der Waals surface area contributed by atoms with Crippen LogP contribution in [0.4, 0.5) is 0 Å². The second-order valence-electron chi connectivity index (χ2n) is 4.22. The summed E-state index contributed by atoms with van der Waals surface area (Å²) >= 11 is 0. The minimum absolute atomic E-state index is 0.701. The Morgan fingerprint density at radius 2 is 1.93 bits per heavy atom. The van der Waals surface area contributed by atoms with Gasteiger partial charge in [-0.2, -0.15) is 0 Å². The second kappa shape index (κ2) is 4.52. The first-order valence-electron chi connectivity index (χ1n) is 5.65. The molecule has 1 nitrogen and oxygen atoms in total. The SMILES string of the molecule is COc1ccc(C2=CCCCC2C)cc1. The van der Waals surface area contributed by atoms with Gasteiger partial charge in [0, 0.05) is 0 Å². The zero-order valence-corrected chi connectivity index (χ0v) is 9.49. The molecule has 15 heavy (non-hydrogen) atoms. The molecule has 80 valence electrons. The van der Waals surface area contributed by atoms with Crippen LogP contribution in [0, 0.1) is 5.92 Å². The van der Waals surface area contributed by atoms with Crippen LogP contribution in [0.25, 0.3) is 5.57 Å². The molecule has 0 saturated heterocycles. The lowest BCUT2D eigenvalue weighted by Crippen LogP contribution is -2.03. The minimum atomic E-state index is 0.701. The van der Waals surface area contributed by atoms with Crippen LogP contribution in [-0.2, 0) is 0 Å². The molecule has 0 fully saturated rings. The van der Waals surface area contributed by atoms with Crippen molar-refractivity contribution in [2.75, 3.05) is 7.11 Å². The average Bonchev–Trinajstić information content (AvgIpc) is 2.30. The van der Waals surface area contributed by atoms with E-state index in [2.05, 4.69) is 25.1 Å². The lowest BCUT2D eigenvalue weighted by molar-refractivity contribution is 0.414. The molecule has 1 atom stereocenters. The third kappa shape index (κ3) is 2.23. The molecule has 0 spiro atoms. The van der Waals surface area contributed by atoms with E-state index in [9.17, 15) is 0 Å². The van der Waals surface area contributed by atoms with Gasteiger partial charge in [-0.3, -0.25) is 0 Å². The Hall–Kier alpha value is -1.24. The smallest absolute Gasteiger partial charge is 0.118 e. The van der Waals surface area contributed by atoms with Crippen molar-refractivity contribution in [3.05, 3.63) is 35.9 Å². The lowest BCUT2D eigenvalue weighted by atomic mass is 9.85. The molecule has 1 aromatic carbocycles. The Labute approximate surface area is 91.8 Å². The lowest BCUT2D eigenvalue weighted by Gasteiger charge is -2.20. The molecule has 0 saturated carbocycles. The molecule has 1 heteroatoms. The van der Waals surface area contributed by atoms with E-state index in [0.717, 1.165) is 5.75 Å². The minimum Gasteiger partial charge on any atom is -0.497 e. The third-order valence-electron chi connectivity index (χ3n) is 3.16. The van der Waals surface area contributed by atoms with Crippen LogP contribution in [0.15, 0.2) is 30.3 Å². The molecule has 1 aliphatic rings. The van der Waals surface area contributed by atoms with E-state index in [0.29, 0.717) is 5.92 Å². The Morgan fingerprint density at radius 3 is 2.53 bits per heavy atom. The van der Waals surface area contributed by atoms with Gasteiger partial charge in [-0.05, 0) is 48.4 Å². The molecular formula is C14H18O. The summed E-state index contributed by atoms with van der Waals surface area (Å²) in [5.41, 5.74) is 2.85. The van der Waals surface area contributed by atoms with Gasteiger partial charge in [-0.15, -0.1) is 0 Å². The van der Waals surface area contributed by atoms with E-state index >= 15 is 0 Å². The summed E-state index contributed by atoms with van der Waals surface area (Å²) in [6, 6.07) is 8.40. The summed E-state index contributed by atoms with van der Waals surface area (Å²) in [5, 5.41) is 0. The maximum atomic E-state index is 5.16. The molecule has 0 amide bonds. The maximum absolute atomic E-state index is 5.16. The van der Waals surface area contributed by atoms with Crippen molar-refractivity contribution in [2.45, 2.75) is 26.2 Å². The Morgan fingerprint density at radius 1 is 1.20 bits per heavy atom. The molecule has 0 radical (unpaired) electrons. The Bertz CT molecular complexity index is 348. The first-order valence-corrected chi connectivity index (χ1v) is 5.65. The molecule has 1 aliphatic carbocycles. The normalized spacial score (nSPS) is 20.9. The highest BCUT2D eigenvalue weighted by Crippen LogP contribution is 2.32. The van der Waals surface area contributed by atoms with Crippen LogP contribution >= 0.6 is 0 Å². The molecule has 0 N–H and O–H groups in total. The van der Waals surface area contributed by atoms with Gasteiger partial charge < -0.3 is 4.74 Å². The standard InChI is InChI=1S/C14H18O/c1-11-5-3-4-6-14(11)12-7-9-13(15-2)10-8-12/h6-11H,3-5H2,1-2H3. The first kappa shape index (κ1) is 10.3. The zero-order chi connectivity index (χ0) is 10.7. The van der Waals surface area contributed by atoms with E-state index in [1.807, 2.05) is 12.1 Å². The largest absolute Gasteiger partial charge is 0.497 e. The van der Waals surface area contributed by atoms with E-state index in [1.54, 1.807) is 7.11 Å². The van der Waals surface area contributed by atoms with Crippen LogP contribution in [0.2, 0.25) is 0 Å². The van der Waals surface area contributed by atoms with Gasteiger partial charge in [-0.25, -0.2) is 0 Å². The van der Waals surface area contributed by atoms with Crippen molar-refractivity contribution in [1.82, 2.24) is 0 Å². The Balaban J connectivity index is 2.24. The van der Waals surface area contributed by atoms with Gasteiger partial charge in [0.1, 0.15) is 5.75 Å². The molecule has 0 heterocycles. The van der Waals surface area contributed by atoms with E-state index < -0.39 is 0 Å². The van der Waals surface area contributed by atoms with Crippen LogP contribution in [0.1, 0.15) is 31.7 Å². The highest BCUT2D eigenvalue weighted by atomic mass is 16.5. The van der Waals surface area contributed by atoms with Crippen LogP contribution < -0.4 is 4.74 Å². The van der Waals surface area contributed by atoms with Crippen molar-refractivity contribution in [2.24, 2.45) is 5.92 Å². The van der Waals surface area contributed by atoms with Crippen LogP contribution in [0.5, 0.6) is 5.75 Å². The molecule has 0 aliphatic heterocycles. The van der Waals surface area contributed by atoms with Crippen LogP contribution in [-0.4, -0.2) is 7.11 Å². The quantitative estimate of drug-likeness (QED) is 0.706. The molecule has 1 unspecified atom stereocenters. The van der Waals surface area contributed by atoms with Gasteiger partial charge in [0.05, 0.1) is 7.11 Å². The topological polar surface area (TPSA) is 9.23 Å². The van der Waals surface area contributed by atoms with Crippen molar-refractivity contribution in [1.29, 1.82) is 0 Å². The number of hydrogen-bond donors (Lipinski definition) is 0. The van der Waals surface area contributed by atoms with Crippen LogP contribution in [0.3, 0.4) is 0 Å². The first-order chi connectivity index (χ1) is 7.31. The highest BCUT2D eigenvalue weighted by molar-refractivity contribution is 5.68. The van der Waals surface area contributed by atoms with Gasteiger partial charge in [0.2, 0.25) is 0 Å². The fourth-order valence-electron chi connectivity index (χ4n) is 2.22. The summed E-state index contributed by atoms with van der Waals surface area (Å²) in [5.74, 6) is 1.63. The summed E-state index contributed by atoms with van der Waals surface area (Å²) in [4.78, 5) is 0. The maximum Gasteiger partial charge on any atom is 0.118 e. The predicted octanol–water partition coefficient (Wildman–Crippen LogP) is 3.90. The third-order valence-corrected chi connectivity index (χ3v) is 3.16. The van der Waals surface area contributed by atoms with E-state index in [-0.39, 0.29) is 0 Å². The van der Waals surface area contributed by atoms with Gasteiger partial charge >= 0.3 is 0 Å². The summed E-state index contributed by atoms with van der Waals surface area (Å²) in [6.07, 6.45) is 6.26. The number of benzene rings is 1. The average molecular weight is 202 g/mol. The van der Waals surface area contributed by atoms with Gasteiger partial charge in [0.25, 0.3) is 0 Å². The Kier molecular flexibility index (Phi) is 3.10. The number of hydrogen-bond acceptors (Lipinski definition) is 1. The second-order valence-corrected chi connectivity index (χ2v) is 4.22. The monoisotopic (exact) mass is 202 g/mol. The summed E-state index contributed by atoms with van der Waals surface area (Å²) in [7, 11) is 1.71. The fourth-order valence-corrected chi connectivity index (χ4v) is 2.22. The van der Waals surface area contributed by atoms with Gasteiger partial charge in [-0.1, -0.05) is 25.1 Å². The highest BCUT2D eigenvalue weighted by Gasteiger charge is 2.14. The number of ether oxygens (including phenoxy) is 1. The summed E-state index contributed by atoms with van der Waals surface area (Å²) < 4.78 is 5.16. The number of allylic oxidation sites excluding steroid dienone is 2. The van der Waals surface area contributed by atoms with E-state index in [1.165, 1.54) is 30.4 Å². The fraction of sp³-hybridized carbons (Fsp3) is 0.429. The van der Waals surface area contributed by atoms with Crippen molar-refractivity contribution >= 4 is 5.57 Å². The van der Waals surface area contributed by atoms with E-state index in [4.69, 9.17) is 4.74 Å². The van der Waals surface area contributed by atoms with Crippen molar-refractivity contribution < 1.29 is 4.74 Å². The zero-order valence-electron chi connectivity index (χ0n) is 9.49. The molecule has 1 aromatic rings. The van der Waals surface area contributed by atoms with Crippen molar-refractivity contribution in [3.63, 3.8) is 0 Å². The number of methoxy groups -OCH3 is 1. The molecule has 0 aromatic heterocycles. The molecule has 0 bridgehead atoms. The number of rotatable bonds is 2. The summed E-state index contributed by atoms with van der Waals surface area (Å²) in [6.45, 7) is 2.31. The molecule has 2 rings (SSSR count). The molecular weight excluding hydrogens is 184 g/mol. The predicted molar refractivity (Wildman–Crippen MR) is 64.0 cm³/mol.